The van der Waals surface area contributed by atoms with Crippen LogP contribution in [0.3, 0.4) is 0 Å². The molecule has 8 heteroatoms. The summed E-state index contributed by atoms with van der Waals surface area (Å²) < 4.78 is 37.5. The van der Waals surface area contributed by atoms with Crippen molar-refractivity contribution in [1.82, 2.24) is 5.32 Å². The largest absolute Gasteiger partial charge is 0.497 e. The van der Waals surface area contributed by atoms with Crippen molar-refractivity contribution in [3.8, 4) is 5.75 Å². The molecule has 32 heavy (non-hydrogen) atoms. The first kappa shape index (κ1) is 23.2. The number of hydrogen-bond donors (Lipinski definition) is 3. The molecule has 3 rings (SSSR count). The van der Waals surface area contributed by atoms with Crippen LogP contribution in [0.1, 0.15) is 22.8 Å². The van der Waals surface area contributed by atoms with Crippen LogP contribution in [0.15, 0.2) is 66.7 Å². The van der Waals surface area contributed by atoms with Crippen LogP contribution in [0.25, 0.3) is 0 Å². The standard InChI is InChI=1S/C24H24F2N2O4/c1-31-20-8-5-16(6-9-20)14-32-15-17-3-2-4-19(11-17)28-24(30)27-13-23(29)21-10-7-18(25)12-22(21)26/h2-12,23,29H,13-15H2,1H3,(H2,27,28,30). The van der Waals surface area contributed by atoms with Crippen LogP contribution in [0.4, 0.5) is 19.3 Å². The summed E-state index contributed by atoms with van der Waals surface area (Å²) in [5.74, 6) is -0.833. The van der Waals surface area contributed by atoms with Gasteiger partial charge in [-0.3, -0.25) is 0 Å². The lowest BCUT2D eigenvalue weighted by Crippen LogP contribution is -2.32. The van der Waals surface area contributed by atoms with Crippen LogP contribution in [-0.4, -0.2) is 24.8 Å². The highest BCUT2D eigenvalue weighted by molar-refractivity contribution is 5.89. The molecule has 1 atom stereocenters. The predicted octanol–water partition coefficient (Wildman–Crippen LogP) is 4.55. The molecule has 0 aromatic heterocycles. The van der Waals surface area contributed by atoms with E-state index in [2.05, 4.69) is 10.6 Å². The molecule has 3 aromatic rings. The minimum Gasteiger partial charge on any atom is -0.497 e. The predicted molar refractivity (Wildman–Crippen MR) is 116 cm³/mol. The quantitative estimate of drug-likeness (QED) is 0.454. The van der Waals surface area contributed by atoms with E-state index in [1.807, 2.05) is 30.3 Å². The Morgan fingerprint density at radius 1 is 1.00 bits per heavy atom. The maximum absolute atomic E-state index is 13.7. The molecule has 0 aliphatic rings. The van der Waals surface area contributed by atoms with Gasteiger partial charge in [0.25, 0.3) is 0 Å². The third kappa shape index (κ3) is 6.76. The number of aliphatic hydroxyl groups excluding tert-OH is 1. The van der Waals surface area contributed by atoms with Gasteiger partial charge in [0, 0.05) is 23.9 Å². The van der Waals surface area contributed by atoms with Crippen molar-refractivity contribution < 1.29 is 28.2 Å². The number of hydrogen-bond acceptors (Lipinski definition) is 4. The molecule has 0 aliphatic carbocycles. The number of rotatable bonds is 9. The fourth-order valence-electron chi connectivity index (χ4n) is 2.99. The summed E-state index contributed by atoms with van der Waals surface area (Å²) in [5, 5.41) is 15.2. The van der Waals surface area contributed by atoms with E-state index in [0.717, 1.165) is 29.0 Å². The van der Waals surface area contributed by atoms with Gasteiger partial charge >= 0.3 is 6.03 Å². The number of ether oxygens (including phenoxy) is 2. The minimum atomic E-state index is -1.31. The highest BCUT2D eigenvalue weighted by Gasteiger charge is 2.14. The third-order valence-corrected chi connectivity index (χ3v) is 4.66. The molecule has 0 bridgehead atoms. The van der Waals surface area contributed by atoms with Crippen molar-refractivity contribution >= 4 is 11.7 Å². The normalized spacial score (nSPS) is 11.6. The van der Waals surface area contributed by atoms with E-state index < -0.39 is 23.8 Å². The van der Waals surface area contributed by atoms with Gasteiger partial charge in [0.05, 0.1) is 26.4 Å². The van der Waals surface area contributed by atoms with Crippen LogP contribution in [-0.2, 0) is 18.0 Å². The molecule has 6 nitrogen and oxygen atoms in total. The zero-order valence-electron chi connectivity index (χ0n) is 17.5. The highest BCUT2D eigenvalue weighted by Crippen LogP contribution is 2.18. The van der Waals surface area contributed by atoms with E-state index in [1.54, 1.807) is 25.3 Å². The molecule has 168 valence electrons. The third-order valence-electron chi connectivity index (χ3n) is 4.66. The van der Waals surface area contributed by atoms with E-state index in [9.17, 15) is 18.7 Å². The number of nitrogens with one attached hydrogen (secondary N) is 2. The van der Waals surface area contributed by atoms with Crippen molar-refractivity contribution in [3.05, 3.63) is 95.1 Å². The first-order valence-corrected chi connectivity index (χ1v) is 9.92. The average Bonchev–Trinajstić information content (AvgIpc) is 2.78. The SMILES string of the molecule is COc1ccc(COCc2cccc(NC(=O)NCC(O)c3ccc(F)cc3F)c2)cc1. The minimum absolute atomic E-state index is 0.0947. The van der Waals surface area contributed by atoms with Crippen LogP contribution in [0, 0.1) is 11.6 Å². The lowest BCUT2D eigenvalue weighted by atomic mass is 10.1. The van der Waals surface area contributed by atoms with Crippen LogP contribution >= 0.6 is 0 Å². The number of carbonyl (C=O) groups excluding carboxylic acids is 1. The second-order valence-electron chi connectivity index (χ2n) is 7.06. The molecular formula is C24H24F2N2O4. The lowest BCUT2D eigenvalue weighted by Gasteiger charge is -2.14. The molecule has 1 unspecified atom stereocenters. The van der Waals surface area contributed by atoms with E-state index >= 15 is 0 Å². The van der Waals surface area contributed by atoms with Gasteiger partial charge in [-0.05, 0) is 41.5 Å². The zero-order chi connectivity index (χ0) is 22.9. The van der Waals surface area contributed by atoms with E-state index in [0.29, 0.717) is 25.0 Å². The van der Waals surface area contributed by atoms with Crippen molar-refractivity contribution in [3.63, 3.8) is 0 Å². The molecular weight excluding hydrogens is 418 g/mol. The van der Waals surface area contributed by atoms with Crippen LogP contribution in [0.5, 0.6) is 5.75 Å². The summed E-state index contributed by atoms with van der Waals surface area (Å²) in [6.07, 6.45) is -1.31. The number of amides is 2. The molecule has 0 saturated heterocycles. The summed E-state index contributed by atoms with van der Waals surface area (Å²) in [7, 11) is 1.61. The Hall–Kier alpha value is -3.49. The molecule has 3 N–H and O–H groups in total. The molecule has 0 heterocycles. The average molecular weight is 442 g/mol. The summed E-state index contributed by atoms with van der Waals surface area (Å²) in [6, 6.07) is 17.0. The van der Waals surface area contributed by atoms with Gasteiger partial charge in [0.15, 0.2) is 0 Å². The van der Waals surface area contributed by atoms with Gasteiger partial charge in [-0.2, -0.15) is 0 Å². The Balaban J connectivity index is 1.46. The number of urea groups is 1. The monoisotopic (exact) mass is 442 g/mol. The maximum atomic E-state index is 13.7. The molecule has 0 saturated carbocycles. The Labute approximate surface area is 184 Å². The second-order valence-corrected chi connectivity index (χ2v) is 7.06. The van der Waals surface area contributed by atoms with Gasteiger partial charge in [-0.1, -0.05) is 30.3 Å². The van der Waals surface area contributed by atoms with Gasteiger partial charge in [0.1, 0.15) is 17.4 Å². The fraction of sp³-hybridized carbons (Fsp3) is 0.208. The Morgan fingerprint density at radius 2 is 1.75 bits per heavy atom. The number of halogens is 2. The van der Waals surface area contributed by atoms with Crippen molar-refractivity contribution in [1.29, 1.82) is 0 Å². The summed E-state index contributed by atoms with van der Waals surface area (Å²) in [6.45, 7) is 0.546. The first-order valence-electron chi connectivity index (χ1n) is 9.92. The number of benzene rings is 3. The summed E-state index contributed by atoms with van der Waals surface area (Å²) >= 11 is 0. The second kappa shape index (κ2) is 11.2. The van der Waals surface area contributed by atoms with Crippen molar-refractivity contribution in [2.75, 3.05) is 19.0 Å². The Kier molecular flexibility index (Phi) is 8.13. The van der Waals surface area contributed by atoms with Crippen LogP contribution < -0.4 is 15.4 Å². The zero-order valence-corrected chi connectivity index (χ0v) is 17.5. The Morgan fingerprint density at radius 3 is 2.47 bits per heavy atom. The molecule has 0 radical (unpaired) electrons. The molecule has 0 fully saturated rings. The number of aliphatic hydroxyl groups is 1. The van der Waals surface area contributed by atoms with Gasteiger partial charge in [-0.25, -0.2) is 13.6 Å². The lowest BCUT2D eigenvalue weighted by molar-refractivity contribution is 0.107. The number of carbonyl (C=O) groups is 1. The van der Waals surface area contributed by atoms with Crippen LogP contribution in [0.2, 0.25) is 0 Å². The number of anilines is 1. The summed E-state index contributed by atoms with van der Waals surface area (Å²) in [4.78, 5) is 12.1. The fourth-order valence-corrected chi connectivity index (χ4v) is 2.99. The maximum Gasteiger partial charge on any atom is 0.319 e. The van der Waals surface area contributed by atoms with E-state index in [-0.39, 0.29) is 12.1 Å². The van der Waals surface area contributed by atoms with Crippen molar-refractivity contribution in [2.24, 2.45) is 0 Å². The van der Waals surface area contributed by atoms with Gasteiger partial charge in [-0.15, -0.1) is 0 Å². The first-order chi connectivity index (χ1) is 15.4. The van der Waals surface area contributed by atoms with E-state index in [1.165, 1.54) is 0 Å². The number of methoxy groups -OCH3 is 1. The smallest absolute Gasteiger partial charge is 0.319 e. The molecule has 2 amide bonds. The molecule has 0 spiro atoms. The van der Waals surface area contributed by atoms with Gasteiger partial charge in [0.2, 0.25) is 0 Å². The topological polar surface area (TPSA) is 79.8 Å². The van der Waals surface area contributed by atoms with E-state index in [4.69, 9.17) is 9.47 Å². The van der Waals surface area contributed by atoms with Crippen molar-refractivity contribution in [2.45, 2.75) is 19.3 Å². The van der Waals surface area contributed by atoms with Gasteiger partial charge < -0.3 is 25.2 Å². The Bertz CT molecular complexity index is 1040. The summed E-state index contributed by atoms with van der Waals surface area (Å²) in [5.41, 5.74) is 2.32. The molecule has 0 aliphatic heterocycles. The highest BCUT2D eigenvalue weighted by atomic mass is 19.1. The molecule has 3 aromatic carbocycles.